The van der Waals surface area contributed by atoms with Gasteiger partial charge in [-0.2, -0.15) is 0 Å². The molecular weight excluding hydrogens is 439 g/mol. The van der Waals surface area contributed by atoms with E-state index in [0.717, 1.165) is 38.4 Å². The summed E-state index contributed by atoms with van der Waals surface area (Å²) < 4.78 is 1.74. The minimum absolute atomic E-state index is 0. The molecule has 5 nitrogen and oxygen atoms in total. The molecule has 0 aliphatic rings. The van der Waals surface area contributed by atoms with Gasteiger partial charge in [-0.25, -0.2) is 0 Å². The van der Waals surface area contributed by atoms with Gasteiger partial charge in [0, 0.05) is 31.9 Å². The predicted molar refractivity (Wildman–Crippen MR) is 119 cm³/mol. The number of aryl methyl sites for hydroxylation is 1. The van der Waals surface area contributed by atoms with Crippen molar-refractivity contribution in [2.45, 2.75) is 39.3 Å². The Morgan fingerprint density at radius 1 is 1.12 bits per heavy atom. The molecule has 0 radical (unpaired) electrons. The summed E-state index contributed by atoms with van der Waals surface area (Å²) in [7, 11) is 0. The molecule has 0 aliphatic carbocycles. The number of hydrogen-bond acceptors (Lipinski definition) is 2. The van der Waals surface area contributed by atoms with E-state index in [-0.39, 0.29) is 35.6 Å². The maximum atomic E-state index is 11.6. The van der Waals surface area contributed by atoms with Gasteiger partial charge in [-0.3, -0.25) is 9.79 Å². The lowest BCUT2D eigenvalue weighted by Gasteiger charge is -2.18. The number of pyridine rings is 1. The fourth-order valence-corrected chi connectivity index (χ4v) is 2.58. The molecule has 1 unspecified atom stereocenters. The van der Waals surface area contributed by atoms with Gasteiger partial charge >= 0.3 is 0 Å². The van der Waals surface area contributed by atoms with Crippen LogP contribution in [0.2, 0.25) is 0 Å². The highest BCUT2D eigenvalue weighted by molar-refractivity contribution is 14.0. The van der Waals surface area contributed by atoms with Crippen LogP contribution in [0.4, 0.5) is 0 Å². The summed E-state index contributed by atoms with van der Waals surface area (Å²) >= 11 is 0. The van der Waals surface area contributed by atoms with Crippen molar-refractivity contribution in [3.05, 3.63) is 70.6 Å². The standard InChI is InChI=1S/C20H28N4O.HI/c1-3-21-20(23-17(2)18-11-5-4-6-12-18)22-14-8-10-16-24-15-9-7-13-19(24)25;/h4-7,9,11-13,15,17H,3,8,10,14,16H2,1-2H3,(H2,21,22,23);1H. The Bertz CT molecular complexity index is 715. The maximum Gasteiger partial charge on any atom is 0.250 e. The normalized spacial score (nSPS) is 12.2. The van der Waals surface area contributed by atoms with Crippen molar-refractivity contribution in [1.82, 2.24) is 15.2 Å². The lowest BCUT2D eigenvalue weighted by atomic mass is 10.1. The summed E-state index contributed by atoms with van der Waals surface area (Å²) in [5.41, 5.74) is 1.29. The van der Waals surface area contributed by atoms with Crippen molar-refractivity contribution in [3.8, 4) is 0 Å². The van der Waals surface area contributed by atoms with Gasteiger partial charge in [0.05, 0.1) is 6.04 Å². The molecule has 0 saturated heterocycles. The Balaban J connectivity index is 0.00000338. The molecule has 1 heterocycles. The van der Waals surface area contributed by atoms with Crippen LogP contribution in [0, 0.1) is 0 Å². The van der Waals surface area contributed by atoms with Gasteiger partial charge in [-0.05, 0) is 38.3 Å². The number of hydrogen-bond donors (Lipinski definition) is 2. The Hall–Kier alpha value is -1.83. The fourth-order valence-electron chi connectivity index (χ4n) is 2.58. The molecule has 2 aromatic rings. The number of halogens is 1. The zero-order valence-electron chi connectivity index (χ0n) is 15.5. The average molecular weight is 468 g/mol. The largest absolute Gasteiger partial charge is 0.357 e. The zero-order valence-corrected chi connectivity index (χ0v) is 17.9. The average Bonchev–Trinajstić information content (AvgIpc) is 2.63. The van der Waals surface area contributed by atoms with E-state index < -0.39 is 0 Å². The highest BCUT2D eigenvalue weighted by Gasteiger charge is 2.06. The number of unbranched alkanes of at least 4 members (excludes halogenated alkanes) is 1. The third-order valence-electron chi connectivity index (χ3n) is 3.97. The quantitative estimate of drug-likeness (QED) is 0.270. The Morgan fingerprint density at radius 3 is 2.54 bits per heavy atom. The smallest absolute Gasteiger partial charge is 0.250 e. The fraction of sp³-hybridized carbons (Fsp3) is 0.400. The Kier molecular flexibility index (Phi) is 10.7. The monoisotopic (exact) mass is 468 g/mol. The molecule has 0 bridgehead atoms. The number of benzene rings is 1. The Labute approximate surface area is 173 Å². The van der Waals surface area contributed by atoms with Crippen molar-refractivity contribution in [2.24, 2.45) is 4.99 Å². The number of aliphatic imine (C=N–C) groups is 1. The molecule has 0 saturated carbocycles. The zero-order chi connectivity index (χ0) is 17.9. The van der Waals surface area contributed by atoms with E-state index in [2.05, 4.69) is 41.6 Å². The molecule has 2 N–H and O–H groups in total. The van der Waals surface area contributed by atoms with E-state index in [9.17, 15) is 4.79 Å². The van der Waals surface area contributed by atoms with Crippen LogP contribution in [0.3, 0.4) is 0 Å². The van der Waals surface area contributed by atoms with Gasteiger partial charge < -0.3 is 15.2 Å². The van der Waals surface area contributed by atoms with Crippen molar-refractivity contribution < 1.29 is 0 Å². The summed E-state index contributed by atoms with van der Waals surface area (Å²) in [6.45, 7) is 6.49. The lowest BCUT2D eigenvalue weighted by molar-refractivity contribution is 0.596. The number of aromatic nitrogens is 1. The SMILES string of the molecule is CCNC(=NCCCCn1ccccc1=O)NC(C)c1ccccc1.I. The van der Waals surface area contributed by atoms with Crippen LogP contribution >= 0.6 is 24.0 Å². The van der Waals surface area contributed by atoms with Crippen LogP contribution in [0.1, 0.15) is 38.3 Å². The molecule has 2 rings (SSSR count). The third kappa shape index (κ3) is 7.59. The van der Waals surface area contributed by atoms with E-state index in [1.54, 1.807) is 16.7 Å². The van der Waals surface area contributed by atoms with Gasteiger partial charge in [0.2, 0.25) is 5.56 Å². The van der Waals surface area contributed by atoms with Crippen molar-refractivity contribution in [2.75, 3.05) is 13.1 Å². The van der Waals surface area contributed by atoms with E-state index >= 15 is 0 Å². The van der Waals surface area contributed by atoms with Gasteiger partial charge in [-0.15, -0.1) is 24.0 Å². The van der Waals surface area contributed by atoms with Gasteiger partial charge in [0.1, 0.15) is 0 Å². The van der Waals surface area contributed by atoms with E-state index in [1.165, 1.54) is 5.56 Å². The van der Waals surface area contributed by atoms with Crippen LogP contribution in [-0.2, 0) is 6.54 Å². The van der Waals surface area contributed by atoms with Crippen molar-refractivity contribution >= 4 is 29.9 Å². The molecule has 1 aromatic carbocycles. The predicted octanol–water partition coefficient (Wildman–Crippen LogP) is 3.56. The molecule has 0 amide bonds. The van der Waals surface area contributed by atoms with Crippen LogP contribution in [-0.4, -0.2) is 23.6 Å². The van der Waals surface area contributed by atoms with Crippen LogP contribution in [0.15, 0.2) is 64.5 Å². The van der Waals surface area contributed by atoms with E-state index in [1.807, 2.05) is 30.5 Å². The first-order valence-electron chi connectivity index (χ1n) is 8.96. The number of nitrogens with one attached hydrogen (secondary N) is 2. The van der Waals surface area contributed by atoms with Crippen molar-refractivity contribution in [1.29, 1.82) is 0 Å². The molecule has 26 heavy (non-hydrogen) atoms. The highest BCUT2D eigenvalue weighted by atomic mass is 127. The van der Waals surface area contributed by atoms with Crippen LogP contribution in [0.25, 0.3) is 0 Å². The summed E-state index contributed by atoms with van der Waals surface area (Å²) in [6, 6.07) is 15.8. The first kappa shape index (κ1) is 22.2. The van der Waals surface area contributed by atoms with Gasteiger partial charge in [-0.1, -0.05) is 36.4 Å². The summed E-state index contributed by atoms with van der Waals surface area (Å²) in [4.78, 5) is 16.3. The first-order valence-corrected chi connectivity index (χ1v) is 8.96. The second kappa shape index (κ2) is 12.5. The summed E-state index contributed by atoms with van der Waals surface area (Å²) in [6.07, 6.45) is 3.71. The molecule has 0 spiro atoms. The first-order chi connectivity index (χ1) is 12.2. The van der Waals surface area contributed by atoms with E-state index in [0.29, 0.717) is 0 Å². The lowest BCUT2D eigenvalue weighted by Crippen LogP contribution is -2.38. The second-order valence-corrected chi connectivity index (χ2v) is 5.98. The minimum Gasteiger partial charge on any atom is -0.357 e. The van der Waals surface area contributed by atoms with E-state index in [4.69, 9.17) is 0 Å². The molecule has 1 aromatic heterocycles. The minimum atomic E-state index is 0. The molecule has 6 heteroatoms. The highest BCUT2D eigenvalue weighted by Crippen LogP contribution is 2.10. The second-order valence-electron chi connectivity index (χ2n) is 5.98. The van der Waals surface area contributed by atoms with Crippen LogP contribution < -0.4 is 16.2 Å². The molecular formula is C20H29IN4O. The van der Waals surface area contributed by atoms with Crippen LogP contribution in [0.5, 0.6) is 0 Å². The topological polar surface area (TPSA) is 58.4 Å². The molecule has 142 valence electrons. The summed E-state index contributed by atoms with van der Waals surface area (Å²) in [5, 5.41) is 6.72. The maximum absolute atomic E-state index is 11.6. The van der Waals surface area contributed by atoms with Crippen molar-refractivity contribution in [3.63, 3.8) is 0 Å². The number of guanidine groups is 1. The van der Waals surface area contributed by atoms with Gasteiger partial charge in [0.25, 0.3) is 0 Å². The summed E-state index contributed by atoms with van der Waals surface area (Å²) in [5.74, 6) is 0.829. The molecule has 0 fully saturated rings. The third-order valence-corrected chi connectivity index (χ3v) is 3.97. The molecule has 1 atom stereocenters. The number of rotatable bonds is 8. The number of nitrogens with zero attached hydrogens (tertiary/aromatic N) is 2. The molecule has 0 aliphatic heterocycles. The Morgan fingerprint density at radius 2 is 1.85 bits per heavy atom. The van der Waals surface area contributed by atoms with Gasteiger partial charge in [0.15, 0.2) is 5.96 Å².